The maximum absolute atomic E-state index is 10.6. The summed E-state index contributed by atoms with van der Waals surface area (Å²) in [5.41, 5.74) is 2.75. The molecule has 0 atom stereocenters. The van der Waals surface area contributed by atoms with E-state index < -0.39 is 5.60 Å². The maximum Gasteiger partial charge on any atom is 0.0898 e. The largest absolute Gasteiger partial charge is 0.393 e. The highest BCUT2D eigenvalue weighted by Gasteiger charge is 2.34. The molecule has 0 bridgehead atoms. The third kappa shape index (κ3) is 2.13. The van der Waals surface area contributed by atoms with E-state index in [0.717, 1.165) is 5.56 Å². The second-order valence-electron chi connectivity index (χ2n) is 5.06. The van der Waals surface area contributed by atoms with Crippen LogP contribution in [0.4, 0.5) is 0 Å². The molecule has 16 heavy (non-hydrogen) atoms. The van der Waals surface area contributed by atoms with Gasteiger partial charge in [-0.15, -0.1) is 0 Å². The van der Waals surface area contributed by atoms with Crippen molar-refractivity contribution < 1.29 is 10.2 Å². The molecule has 1 aromatic rings. The summed E-state index contributed by atoms with van der Waals surface area (Å²) in [4.78, 5) is 0. The molecule has 0 spiro atoms. The molecule has 2 heteroatoms. The number of hydrogen-bond donors (Lipinski definition) is 2. The molecule has 1 aliphatic rings. The number of aryl methyl sites for hydroxylation is 2. The van der Waals surface area contributed by atoms with Crippen LogP contribution in [0.2, 0.25) is 0 Å². The zero-order chi connectivity index (χ0) is 11.8. The molecule has 0 unspecified atom stereocenters. The Hall–Kier alpha value is -0.860. The Morgan fingerprint density at radius 3 is 2.31 bits per heavy atom. The molecule has 2 N–H and O–H groups in total. The fourth-order valence-corrected chi connectivity index (χ4v) is 2.40. The Morgan fingerprint density at radius 1 is 1.12 bits per heavy atom. The Kier molecular flexibility index (Phi) is 3.04. The summed E-state index contributed by atoms with van der Waals surface area (Å²) in [6.07, 6.45) is 2.49. The van der Waals surface area contributed by atoms with Gasteiger partial charge in [-0.3, -0.25) is 0 Å². The number of aliphatic hydroxyl groups excluding tert-OH is 1. The van der Waals surface area contributed by atoms with Gasteiger partial charge >= 0.3 is 0 Å². The van der Waals surface area contributed by atoms with Crippen molar-refractivity contribution in [2.45, 2.75) is 51.2 Å². The average Bonchev–Trinajstić information content (AvgIpc) is 2.26. The molecule has 0 heterocycles. The van der Waals surface area contributed by atoms with Crippen molar-refractivity contribution in [2.75, 3.05) is 0 Å². The van der Waals surface area contributed by atoms with Gasteiger partial charge in [0.25, 0.3) is 0 Å². The summed E-state index contributed by atoms with van der Waals surface area (Å²) < 4.78 is 0. The minimum Gasteiger partial charge on any atom is -0.393 e. The lowest BCUT2D eigenvalue weighted by Gasteiger charge is -2.35. The molecule has 0 aromatic heterocycles. The van der Waals surface area contributed by atoms with Crippen molar-refractivity contribution in [3.63, 3.8) is 0 Å². The normalized spacial score (nSPS) is 30.4. The second-order valence-corrected chi connectivity index (χ2v) is 5.06. The van der Waals surface area contributed by atoms with Crippen LogP contribution in [0.15, 0.2) is 18.2 Å². The van der Waals surface area contributed by atoms with Gasteiger partial charge in [-0.1, -0.05) is 18.2 Å². The molecule has 0 aliphatic heterocycles. The predicted molar refractivity (Wildman–Crippen MR) is 64.3 cm³/mol. The summed E-state index contributed by atoms with van der Waals surface area (Å²) in [6, 6.07) is 6.15. The van der Waals surface area contributed by atoms with E-state index in [0.29, 0.717) is 25.7 Å². The van der Waals surface area contributed by atoms with Crippen LogP contribution in [0, 0.1) is 13.8 Å². The van der Waals surface area contributed by atoms with Gasteiger partial charge in [0.15, 0.2) is 0 Å². The van der Waals surface area contributed by atoms with Gasteiger partial charge in [0, 0.05) is 0 Å². The van der Waals surface area contributed by atoms with Gasteiger partial charge in [-0.2, -0.15) is 0 Å². The average molecular weight is 220 g/mol. The highest BCUT2D eigenvalue weighted by atomic mass is 16.3. The van der Waals surface area contributed by atoms with Gasteiger partial charge in [-0.25, -0.2) is 0 Å². The van der Waals surface area contributed by atoms with Crippen LogP contribution in [0.1, 0.15) is 42.4 Å². The molecule has 88 valence electrons. The first-order valence-corrected chi connectivity index (χ1v) is 5.99. The summed E-state index contributed by atoms with van der Waals surface area (Å²) in [6.45, 7) is 4.15. The zero-order valence-electron chi connectivity index (χ0n) is 10.0. The van der Waals surface area contributed by atoms with E-state index in [9.17, 15) is 10.2 Å². The first kappa shape index (κ1) is 11.6. The third-order valence-electron chi connectivity index (χ3n) is 3.83. The van der Waals surface area contributed by atoms with Crippen LogP contribution in [0.25, 0.3) is 0 Å². The molecule has 1 saturated carbocycles. The van der Waals surface area contributed by atoms with Crippen LogP contribution >= 0.6 is 0 Å². The zero-order valence-corrected chi connectivity index (χ0v) is 10.0. The number of aliphatic hydroxyl groups is 2. The van der Waals surface area contributed by atoms with Crippen LogP contribution in [0.5, 0.6) is 0 Å². The van der Waals surface area contributed by atoms with E-state index in [-0.39, 0.29) is 6.10 Å². The lowest BCUT2D eigenvalue weighted by Crippen LogP contribution is -2.33. The van der Waals surface area contributed by atoms with Crippen LogP contribution < -0.4 is 0 Å². The van der Waals surface area contributed by atoms with Crippen molar-refractivity contribution in [2.24, 2.45) is 0 Å². The van der Waals surface area contributed by atoms with Gasteiger partial charge in [0.2, 0.25) is 0 Å². The third-order valence-corrected chi connectivity index (χ3v) is 3.83. The van der Waals surface area contributed by atoms with Gasteiger partial charge in [0.05, 0.1) is 11.7 Å². The minimum absolute atomic E-state index is 0.230. The monoisotopic (exact) mass is 220 g/mol. The van der Waals surface area contributed by atoms with E-state index in [1.165, 1.54) is 11.1 Å². The molecule has 0 saturated heterocycles. The molecule has 2 nitrogen and oxygen atoms in total. The summed E-state index contributed by atoms with van der Waals surface area (Å²) in [5, 5.41) is 20.0. The number of benzene rings is 1. The first-order valence-electron chi connectivity index (χ1n) is 5.99. The molecule has 1 aliphatic carbocycles. The quantitative estimate of drug-likeness (QED) is 0.763. The number of rotatable bonds is 1. The molecular formula is C14H20O2. The molecule has 0 amide bonds. The van der Waals surface area contributed by atoms with Crippen molar-refractivity contribution in [1.29, 1.82) is 0 Å². The number of hydrogen-bond acceptors (Lipinski definition) is 2. The highest BCUT2D eigenvalue weighted by Crippen LogP contribution is 2.37. The minimum atomic E-state index is -0.725. The van der Waals surface area contributed by atoms with Crippen molar-refractivity contribution >= 4 is 0 Å². The molecular weight excluding hydrogens is 200 g/mol. The predicted octanol–water partition coefficient (Wildman–Crippen LogP) is 2.43. The molecule has 1 aromatic carbocycles. The lowest BCUT2D eigenvalue weighted by molar-refractivity contribution is -0.0361. The van der Waals surface area contributed by atoms with E-state index in [1.54, 1.807) is 0 Å². The summed E-state index contributed by atoms with van der Waals surface area (Å²) in [5.74, 6) is 0. The fourth-order valence-electron chi connectivity index (χ4n) is 2.40. The van der Waals surface area contributed by atoms with E-state index in [2.05, 4.69) is 26.0 Å². The Labute approximate surface area is 96.9 Å². The Balaban J connectivity index is 2.25. The standard InChI is InChI=1S/C14H20O2/c1-10-3-4-12(9-11(10)2)14(16)7-5-13(15)6-8-14/h3-4,9,13,15-16H,5-8H2,1-2H3/t13-,14+. The fraction of sp³-hybridized carbons (Fsp3) is 0.571. The van der Waals surface area contributed by atoms with E-state index >= 15 is 0 Å². The molecule has 2 rings (SSSR count). The highest BCUT2D eigenvalue weighted by molar-refractivity contribution is 5.33. The maximum atomic E-state index is 10.6. The first-order chi connectivity index (χ1) is 7.51. The van der Waals surface area contributed by atoms with Gasteiger partial charge in [0.1, 0.15) is 0 Å². The molecule has 1 fully saturated rings. The topological polar surface area (TPSA) is 40.5 Å². The summed E-state index contributed by atoms with van der Waals surface area (Å²) >= 11 is 0. The van der Waals surface area contributed by atoms with Crippen molar-refractivity contribution in [3.05, 3.63) is 34.9 Å². The Morgan fingerprint density at radius 2 is 1.75 bits per heavy atom. The van der Waals surface area contributed by atoms with Crippen molar-refractivity contribution in [1.82, 2.24) is 0 Å². The lowest BCUT2D eigenvalue weighted by atomic mass is 9.78. The van der Waals surface area contributed by atoms with E-state index in [1.807, 2.05) is 6.07 Å². The van der Waals surface area contributed by atoms with Crippen LogP contribution in [-0.2, 0) is 5.60 Å². The second kappa shape index (κ2) is 4.19. The molecule has 0 radical (unpaired) electrons. The van der Waals surface area contributed by atoms with Gasteiger partial charge < -0.3 is 10.2 Å². The SMILES string of the molecule is Cc1ccc([C@]2(O)CC[C@@H](O)CC2)cc1C. The summed E-state index contributed by atoms with van der Waals surface area (Å²) in [7, 11) is 0. The van der Waals surface area contributed by atoms with Gasteiger partial charge in [-0.05, 0) is 56.2 Å². The van der Waals surface area contributed by atoms with Crippen LogP contribution in [0.3, 0.4) is 0 Å². The van der Waals surface area contributed by atoms with Crippen LogP contribution in [-0.4, -0.2) is 16.3 Å². The van der Waals surface area contributed by atoms with Crippen molar-refractivity contribution in [3.8, 4) is 0 Å². The Bertz CT molecular complexity index is 376. The smallest absolute Gasteiger partial charge is 0.0898 e. The van der Waals surface area contributed by atoms with E-state index in [4.69, 9.17) is 0 Å².